The molecule has 2 aromatic rings. The van der Waals surface area contributed by atoms with Crippen molar-refractivity contribution >= 4 is 22.9 Å². The fourth-order valence-electron chi connectivity index (χ4n) is 2.04. The normalized spacial score (nSPS) is 12.2. The van der Waals surface area contributed by atoms with Gasteiger partial charge in [0.1, 0.15) is 0 Å². The number of amides is 1. The summed E-state index contributed by atoms with van der Waals surface area (Å²) < 4.78 is 0. The summed E-state index contributed by atoms with van der Waals surface area (Å²) in [6.07, 6.45) is 0. The van der Waals surface area contributed by atoms with Crippen LogP contribution >= 0.6 is 11.3 Å². The van der Waals surface area contributed by atoms with Gasteiger partial charge < -0.3 is 10.6 Å². The van der Waals surface area contributed by atoms with Crippen LogP contribution in [0.1, 0.15) is 35.2 Å². The zero-order valence-corrected chi connectivity index (χ0v) is 12.9. The number of rotatable bonds is 5. The molecular formula is C16H20N2OS. The number of thiophene rings is 1. The molecule has 2 N–H and O–H groups in total. The molecule has 1 unspecified atom stereocenters. The van der Waals surface area contributed by atoms with E-state index in [-0.39, 0.29) is 5.91 Å². The first-order valence-corrected chi connectivity index (χ1v) is 7.53. The minimum atomic E-state index is -0.0422. The molecular weight excluding hydrogens is 268 g/mol. The Kier molecular flexibility index (Phi) is 4.93. The van der Waals surface area contributed by atoms with E-state index in [4.69, 9.17) is 0 Å². The van der Waals surface area contributed by atoms with E-state index in [0.29, 0.717) is 6.04 Å². The van der Waals surface area contributed by atoms with Crippen LogP contribution in [0.15, 0.2) is 36.4 Å². The molecule has 0 bridgehead atoms. The minimum absolute atomic E-state index is 0.0422. The number of para-hydroxylation sites is 1. The average molecular weight is 288 g/mol. The molecule has 0 aliphatic rings. The molecule has 1 aromatic heterocycles. The lowest BCUT2D eigenvalue weighted by Gasteiger charge is -2.15. The summed E-state index contributed by atoms with van der Waals surface area (Å²) in [7, 11) is 0. The monoisotopic (exact) mass is 288 g/mol. The van der Waals surface area contributed by atoms with Crippen molar-refractivity contribution in [3.63, 3.8) is 0 Å². The van der Waals surface area contributed by atoms with Gasteiger partial charge in [0, 0.05) is 35.0 Å². The lowest BCUT2D eigenvalue weighted by molar-refractivity contribution is -0.114. The third-order valence-electron chi connectivity index (χ3n) is 3.11. The summed E-state index contributed by atoms with van der Waals surface area (Å²) in [6.45, 7) is 6.54. The van der Waals surface area contributed by atoms with Crippen molar-refractivity contribution in [2.75, 3.05) is 5.32 Å². The maximum absolute atomic E-state index is 11.2. The number of aryl methyl sites for hydroxylation is 1. The van der Waals surface area contributed by atoms with Crippen molar-refractivity contribution < 1.29 is 4.79 Å². The number of carbonyl (C=O) groups is 1. The van der Waals surface area contributed by atoms with E-state index in [0.717, 1.165) is 17.8 Å². The Bertz CT molecular complexity index is 592. The SMILES string of the molecule is CC(=O)Nc1ccccc1CNC(C)c1ccc(C)s1. The number of anilines is 1. The van der Waals surface area contributed by atoms with Gasteiger partial charge in [0.2, 0.25) is 5.91 Å². The number of benzene rings is 1. The first-order valence-electron chi connectivity index (χ1n) is 6.71. The van der Waals surface area contributed by atoms with Gasteiger partial charge in [-0.1, -0.05) is 18.2 Å². The van der Waals surface area contributed by atoms with Gasteiger partial charge in [-0.25, -0.2) is 0 Å². The summed E-state index contributed by atoms with van der Waals surface area (Å²) >= 11 is 1.81. The van der Waals surface area contributed by atoms with Crippen molar-refractivity contribution in [1.29, 1.82) is 0 Å². The molecule has 3 nitrogen and oxygen atoms in total. The fourth-order valence-corrected chi connectivity index (χ4v) is 2.94. The Hall–Kier alpha value is -1.65. The van der Waals surface area contributed by atoms with Gasteiger partial charge in [-0.3, -0.25) is 4.79 Å². The molecule has 20 heavy (non-hydrogen) atoms. The van der Waals surface area contributed by atoms with Gasteiger partial charge in [0.25, 0.3) is 0 Å². The van der Waals surface area contributed by atoms with Crippen molar-refractivity contribution in [3.8, 4) is 0 Å². The third kappa shape index (κ3) is 3.92. The van der Waals surface area contributed by atoms with Crippen LogP contribution < -0.4 is 10.6 Å². The molecule has 1 atom stereocenters. The second-order valence-corrected chi connectivity index (χ2v) is 6.21. The minimum Gasteiger partial charge on any atom is -0.326 e. The second-order valence-electron chi connectivity index (χ2n) is 4.89. The molecule has 106 valence electrons. The Morgan fingerprint density at radius 2 is 2.00 bits per heavy atom. The molecule has 4 heteroatoms. The summed E-state index contributed by atoms with van der Waals surface area (Å²) in [4.78, 5) is 13.9. The van der Waals surface area contributed by atoms with Crippen molar-refractivity contribution in [3.05, 3.63) is 51.7 Å². The third-order valence-corrected chi connectivity index (χ3v) is 4.30. The molecule has 0 fully saturated rings. The first-order chi connectivity index (χ1) is 9.56. The molecule has 1 amide bonds. The maximum Gasteiger partial charge on any atom is 0.221 e. The Balaban J connectivity index is 2.01. The van der Waals surface area contributed by atoms with E-state index in [9.17, 15) is 4.79 Å². The molecule has 0 spiro atoms. The van der Waals surface area contributed by atoms with Crippen molar-refractivity contribution in [1.82, 2.24) is 5.32 Å². The van der Waals surface area contributed by atoms with Crippen molar-refractivity contribution in [2.45, 2.75) is 33.4 Å². The standard InChI is InChI=1S/C16H20N2OS/c1-11-8-9-16(20-11)12(2)17-10-14-6-4-5-7-15(14)18-13(3)19/h4-9,12,17H,10H2,1-3H3,(H,18,19). The highest BCUT2D eigenvalue weighted by molar-refractivity contribution is 7.12. The molecule has 2 rings (SSSR count). The predicted molar refractivity (Wildman–Crippen MR) is 85.1 cm³/mol. The van der Waals surface area contributed by atoms with Crippen LogP contribution in [0.4, 0.5) is 5.69 Å². The summed E-state index contributed by atoms with van der Waals surface area (Å²) in [5, 5.41) is 6.37. The molecule has 0 saturated heterocycles. The van der Waals surface area contributed by atoms with E-state index in [2.05, 4.69) is 36.6 Å². The molecule has 1 aromatic carbocycles. The van der Waals surface area contributed by atoms with Gasteiger partial charge in [-0.2, -0.15) is 0 Å². The van der Waals surface area contributed by atoms with E-state index < -0.39 is 0 Å². The Morgan fingerprint density at radius 1 is 1.25 bits per heavy atom. The molecule has 1 heterocycles. The number of hydrogen-bond acceptors (Lipinski definition) is 3. The Morgan fingerprint density at radius 3 is 2.65 bits per heavy atom. The summed E-state index contributed by atoms with van der Waals surface area (Å²) in [5.74, 6) is -0.0422. The largest absolute Gasteiger partial charge is 0.326 e. The highest BCUT2D eigenvalue weighted by Crippen LogP contribution is 2.23. The topological polar surface area (TPSA) is 41.1 Å². The molecule has 0 aliphatic carbocycles. The second kappa shape index (κ2) is 6.68. The van der Waals surface area contributed by atoms with Gasteiger partial charge in [0.15, 0.2) is 0 Å². The zero-order chi connectivity index (χ0) is 14.5. The first kappa shape index (κ1) is 14.8. The molecule has 0 aliphatic heterocycles. The fraction of sp³-hybridized carbons (Fsp3) is 0.312. The van der Waals surface area contributed by atoms with Gasteiger partial charge >= 0.3 is 0 Å². The van der Waals surface area contributed by atoms with E-state index in [1.165, 1.54) is 16.7 Å². The van der Waals surface area contributed by atoms with Crippen LogP contribution in [0, 0.1) is 6.92 Å². The molecule has 0 saturated carbocycles. The van der Waals surface area contributed by atoms with Crippen LogP contribution in [0.25, 0.3) is 0 Å². The smallest absolute Gasteiger partial charge is 0.221 e. The van der Waals surface area contributed by atoms with Crippen LogP contribution in [0.5, 0.6) is 0 Å². The lowest BCUT2D eigenvalue weighted by Crippen LogP contribution is -2.18. The van der Waals surface area contributed by atoms with E-state index in [1.54, 1.807) is 0 Å². The predicted octanol–water partition coefficient (Wildman–Crippen LogP) is 3.87. The van der Waals surface area contributed by atoms with E-state index in [1.807, 2.05) is 35.6 Å². The highest BCUT2D eigenvalue weighted by Gasteiger charge is 2.09. The van der Waals surface area contributed by atoms with Crippen LogP contribution in [0.2, 0.25) is 0 Å². The highest BCUT2D eigenvalue weighted by atomic mass is 32.1. The van der Waals surface area contributed by atoms with Crippen LogP contribution in [-0.4, -0.2) is 5.91 Å². The molecule has 0 radical (unpaired) electrons. The maximum atomic E-state index is 11.2. The number of hydrogen-bond donors (Lipinski definition) is 2. The average Bonchev–Trinajstić information content (AvgIpc) is 2.83. The van der Waals surface area contributed by atoms with Crippen molar-refractivity contribution in [2.24, 2.45) is 0 Å². The van der Waals surface area contributed by atoms with Crippen LogP contribution in [0.3, 0.4) is 0 Å². The summed E-state index contributed by atoms with van der Waals surface area (Å²) in [5.41, 5.74) is 1.98. The lowest BCUT2D eigenvalue weighted by atomic mass is 10.1. The Labute approximate surface area is 124 Å². The number of carbonyl (C=O) groups excluding carboxylic acids is 1. The zero-order valence-electron chi connectivity index (χ0n) is 12.1. The van der Waals surface area contributed by atoms with Gasteiger partial charge in [-0.05, 0) is 37.6 Å². The van der Waals surface area contributed by atoms with Gasteiger partial charge in [0.05, 0.1) is 0 Å². The quantitative estimate of drug-likeness (QED) is 0.877. The van der Waals surface area contributed by atoms with Crippen LogP contribution in [-0.2, 0) is 11.3 Å². The van der Waals surface area contributed by atoms with E-state index >= 15 is 0 Å². The number of nitrogens with one attached hydrogen (secondary N) is 2. The van der Waals surface area contributed by atoms with Gasteiger partial charge in [-0.15, -0.1) is 11.3 Å². The summed E-state index contributed by atoms with van der Waals surface area (Å²) in [6, 6.07) is 12.5.